The van der Waals surface area contributed by atoms with Crippen molar-refractivity contribution in [2.75, 3.05) is 19.6 Å². The molecule has 0 spiro atoms. The van der Waals surface area contributed by atoms with Gasteiger partial charge in [-0.1, -0.05) is 26.3 Å². The topological polar surface area (TPSA) is 69.6 Å². The summed E-state index contributed by atoms with van der Waals surface area (Å²) in [6, 6.07) is -0.0696. The van der Waals surface area contributed by atoms with Gasteiger partial charge in [-0.05, 0) is 25.2 Å². The Balaban J connectivity index is 4.02. The van der Waals surface area contributed by atoms with E-state index in [4.69, 9.17) is 5.11 Å². The van der Waals surface area contributed by atoms with Gasteiger partial charge in [0, 0.05) is 26.1 Å². The molecular weight excluding hydrogens is 256 g/mol. The molecule has 116 valence electrons. The molecule has 2 N–H and O–H groups in total. The number of carboxylic acid groups (broad SMARTS) is 1. The van der Waals surface area contributed by atoms with Crippen LogP contribution < -0.4 is 5.32 Å². The van der Waals surface area contributed by atoms with Gasteiger partial charge in [0.25, 0.3) is 0 Å². The average Bonchev–Trinajstić information content (AvgIpc) is 2.41. The Morgan fingerprint density at radius 1 is 1.35 bits per heavy atom. The van der Waals surface area contributed by atoms with Crippen molar-refractivity contribution in [3.8, 4) is 0 Å². The summed E-state index contributed by atoms with van der Waals surface area (Å²) in [4.78, 5) is 24.2. The number of nitrogens with zero attached hydrogens (tertiary/aromatic N) is 1. The van der Waals surface area contributed by atoms with Crippen molar-refractivity contribution in [1.82, 2.24) is 10.2 Å². The maximum Gasteiger partial charge on any atom is 0.317 e. The van der Waals surface area contributed by atoms with Crippen LogP contribution in [0.5, 0.6) is 0 Å². The third-order valence-corrected chi connectivity index (χ3v) is 3.30. The van der Waals surface area contributed by atoms with Crippen LogP contribution >= 0.6 is 0 Å². The average molecular weight is 284 g/mol. The normalized spacial score (nSPS) is 11.7. The molecule has 0 saturated carbocycles. The van der Waals surface area contributed by atoms with Crippen LogP contribution in [0.3, 0.4) is 0 Å². The lowest BCUT2D eigenvalue weighted by molar-refractivity contribution is -0.137. The quantitative estimate of drug-likeness (QED) is 0.573. The zero-order valence-corrected chi connectivity index (χ0v) is 12.7. The fraction of sp³-hybridized carbons (Fsp3) is 0.733. The van der Waals surface area contributed by atoms with Crippen LogP contribution in [0.1, 0.15) is 46.0 Å². The van der Waals surface area contributed by atoms with Crippen LogP contribution in [0.15, 0.2) is 12.7 Å². The Kier molecular flexibility index (Phi) is 10.5. The third kappa shape index (κ3) is 8.56. The Hall–Kier alpha value is -1.52. The molecule has 0 radical (unpaired) electrons. The van der Waals surface area contributed by atoms with Gasteiger partial charge in [-0.2, -0.15) is 0 Å². The number of hydrogen-bond acceptors (Lipinski definition) is 2. The second-order valence-electron chi connectivity index (χ2n) is 4.96. The van der Waals surface area contributed by atoms with Crippen molar-refractivity contribution in [2.24, 2.45) is 5.92 Å². The van der Waals surface area contributed by atoms with E-state index in [2.05, 4.69) is 18.8 Å². The van der Waals surface area contributed by atoms with Crippen LogP contribution in [0.25, 0.3) is 0 Å². The molecule has 0 fully saturated rings. The lowest BCUT2D eigenvalue weighted by Crippen LogP contribution is -2.41. The van der Waals surface area contributed by atoms with E-state index in [0.717, 1.165) is 19.3 Å². The molecule has 0 rings (SSSR count). The van der Waals surface area contributed by atoms with Gasteiger partial charge >= 0.3 is 12.0 Å². The molecule has 2 amide bonds. The second kappa shape index (κ2) is 11.3. The van der Waals surface area contributed by atoms with Crippen molar-refractivity contribution in [3.63, 3.8) is 0 Å². The summed E-state index contributed by atoms with van der Waals surface area (Å²) in [5.41, 5.74) is 0. The highest BCUT2D eigenvalue weighted by Gasteiger charge is 2.12. The van der Waals surface area contributed by atoms with Crippen LogP contribution in [-0.2, 0) is 4.79 Å². The van der Waals surface area contributed by atoms with Crippen LogP contribution in [-0.4, -0.2) is 41.6 Å². The summed E-state index contributed by atoms with van der Waals surface area (Å²) in [6.45, 7) is 9.59. The Morgan fingerprint density at radius 3 is 2.55 bits per heavy atom. The molecule has 0 aromatic carbocycles. The molecule has 0 heterocycles. The van der Waals surface area contributed by atoms with Crippen molar-refractivity contribution < 1.29 is 14.7 Å². The number of nitrogens with one attached hydrogen (secondary N) is 1. The number of aliphatic carboxylic acids is 1. The molecule has 0 aliphatic rings. The number of hydrogen-bond donors (Lipinski definition) is 2. The molecule has 5 heteroatoms. The van der Waals surface area contributed by atoms with Crippen molar-refractivity contribution in [2.45, 2.75) is 46.0 Å². The maximum absolute atomic E-state index is 11.9. The number of amides is 2. The van der Waals surface area contributed by atoms with E-state index >= 15 is 0 Å². The van der Waals surface area contributed by atoms with E-state index in [-0.39, 0.29) is 12.5 Å². The van der Waals surface area contributed by atoms with Gasteiger partial charge in [-0.15, -0.1) is 6.58 Å². The van der Waals surface area contributed by atoms with Crippen molar-refractivity contribution >= 4 is 12.0 Å². The lowest BCUT2D eigenvalue weighted by atomic mass is 9.97. The predicted octanol–water partition coefficient (Wildman–Crippen LogP) is 2.88. The molecule has 1 atom stereocenters. The number of carboxylic acids is 1. The molecule has 0 aromatic rings. The van der Waals surface area contributed by atoms with Gasteiger partial charge in [0.2, 0.25) is 0 Å². The van der Waals surface area contributed by atoms with Gasteiger partial charge in [-0.3, -0.25) is 4.79 Å². The highest BCUT2D eigenvalue weighted by atomic mass is 16.4. The minimum atomic E-state index is -0.757. The molecule has 0 aliphatic heterocycles. The monoisotopic (exact) mass is 284 g/mol. The number of carbonyl (C=O) groups is 2. The molecule has 0 bridgehead atoms. The van der Waals surface area contributed by atoms with E-state index in [1.54, 1.807) is 11.0 Å². The number of urea groups is 1. The molecule has 20 heavy (non-hydrogen) atoms. The first kappa shape index (κ1) is 18.5. The number of rotatable bonds is 11. The zero-order valence-electron chi connectivity index (χ0n) is 12.7. The molecular formula is C15H28N2O3. The second-order valence-corrected chi connectivity index (χ2v) is 4.96. The van der Waals surface area contributed by atoms with Gasteiger partial charge in [0.15, 0.2) is 0 Å². The summed E-state index contributed by atoms with van der Waals surface area (Å²) in [5.74, 6) is -0.405. The number of carbonyl (C=O) groups excluding carboxylic acids is 1. The standard InChI is InChI=1S/C15H28N2O3/c1-4-11-17(12-5-2)15(20)16-10-9-13(6-3)7-8-14(18)19/h4,13H,1,5-12H2,2-3H3,(H,16,20)(H,18,19). The van der Waals surface area contributed by atoms with Crippen LogP contribution in [0.2, 0.25) is 0 Å². The van der Waals surface area contributed by atoms with E-state index < -0.39 is 5.97 Å². The molecule has 5 nitrogen and oxygen atoms in total. The summed E-state index contributed by atoms with van der Waals surface area (Å²) in [7, 11) is 0. The minimum Gasteiger partial charge on any atom is -0.481 e. The van der Waals surface area contributed by atoms with E-state index in [1.807, 2.05) is 6.92 Å². The highest BCUT2D eigenvalue weighted by Crippen LogP contribution is 2.14. The van der Waals surface area contributed by atoms with Crippen molar-refractivity contribution in [1.29, 1.82) is 0 Å². The maximum atomic E-state index is 11.9. The van der Waals surface area contributed by atoms with Crippen molar-refractivity contribution in [3.05, 3.63) is 12.7 Å². The zero-order chi connectivity index (χ0) is 15.4. The molecule has 0 aromatic heterocycles. The lowest BCUT2D eigenvalue weighted by Gasteiger charge is -2.21. The first-order valence-corrected chi connectivity index (χ1v) is 7.40. The minimum absolute atomic E-state index is 0.0696. The molecule has 1 unspecified atom stereocenters. The Bertz CT molecular complexity index is 305. The smallest absolute Gasteiger partial charge is 0.317 e. The Morgan fingerprint density at radius 2 is 2.05 bits per heavy atom. The fourth-order valence-electron chi connectivity index (χ4n) is 2.08. The fourth-order valence-corrected chi connectivity index (χ4v) is 2.08. The molecule has 0 aliphatic carbocycles. The van der Waals surface area contributed by atoms with Gasteiger partial charge in [0.05, 0.1) is 0 Å². The SMILES string of the molecule is C=CCN(CCC)C(=O)NCCC(CC)CCC(=O)O. The largest absolute Gasteiger partial charge is 0.481 e. The predicted molar refractivity (Wildman–Crippen MR) is 80.7 cm³/mol. The van der Waals surface area contributed by atoms with E-state index in [9.17, 15) is 9.59 Å². The summed E-state index contributed by atoms with van der Waals surface area (Å²) < 4.78 is 0. The van der Waals surface area contributed by atoms with Gasteiger partial charge < -0.3 is 15.3 Å². The highest BCUT2D eigenvalue weighted by molar-refractivity contribution is 5.74. The molecule has 0 saturated heterocycles. The van der Waals surface area contributed by atoms with Crippen LogP contribution in [0, 0.1) is 5.92 Å². The van der Waals surface area contributed by atoms with Crippen LogP contribution in [0.4, 0.5) is 4.79 Å². The summed E-state index contributed by atoms with van der Waals surface area (Å²) in [6.07, 6.45) is 5.27. The first-order valence-electron chi connectivity index (χ1n) is 7.40. The third-order valence-electron chi connectivity index (χ3n) is 3.30. The summed E-state index contributed by atoms with van der Waals surface area (Å²) >= 11 is 0. The van der Waals surface area contributed by atoms with E-state index in [1.165, 1.54) is 0 Å². The van der Waals surface area contributed by atoms with Gasteiger partial charge in [-0.25, -0.2) is 4.79 Å². The van der Waals surface area contributed by atoms with E-state index in [0.29, 0.717) is 32.0 Å². The van der Waals surface area contributed by atoms with Gasteiger partial charge in [0.1, 0.15) is 0 Å². The first-order chi connectivity index (χ1) is 9.54. The Labute approximate surface area is 122 Å². The summed E-state index contributed by atoms with van der Waals surface area (Å²) in [5, 5.41) is 11.6.